The minimum atomic E-state index is -3.23. The summed E-state index contributed by atoms with van der Waals surface area (Å²) in [5.41, 5.74) is -0.607. The fourth-order valence-corrected chi connectivity index (χ4v) is 2.52. The zero-order chi connectivity index (χ0) is 13.1. The zero-order valence-electron chi connectivity index (χ0n) is 9.86. The van der Waals surface area contributed by atoms with E-state index < -0.39 is 15.6 Å². The van der Waals surface area contributed by atoms with Gasteiger partial charge in [-0.2, -0.15) is 0 Å². The van der Waals surface area contributed by atoms with E-state index in [0.717, 1.165) is 10.7 Å². The lowest BCUT2D eigenvalue weighted by Crippen LogP contribution is -2.47. The monoisotopic (exact) mass is 322 g/mol. The van der Waals surface area contributed by atoms with E-state index in [-0.39, 0.29) is 0 Å². The summed E-state index contributed by atoms with van der Waals surface area (Å²) < 4.78 is 25.6. The molecular formula is C9H15BrN4O2S. The summed E-state index contributed by atoms with van der Waals surface area (Å²) in [4.78, 5) is 8.06. The fourth-order valence-electron chi connectivity index (χ4n) is 1.24. The Kier molecular flexibility index (Phi) is 4.45. The van der Waals surface area contributed by atoms with Crippen molar-refractivity contribution >= 4 is 31.9 Å². The topological polar surface area (TPSA) is 84.0 Å². The molecule has 8 heteroatoms. The average Bonchev–Trinajstić information content (AvgIpc) is 2.13. The van der Waals surface area contributed by atoms with Gasteiger partial charge < -0.3 is 5.32 Å². The van der Waals surface area contributed by atoms with Crippen molar-refractivity contribution in [3.05, 3.63) is 16.9 Å². The maximum Gasteiger partial charge on any atom is 0.222 e. The van der Waals surface area contributed by atoms with Crippen molar-refractivity contribution in [3.63, 3.8) is 0 Å². The van der Waals surface area contributed by atoms with Crippen molar-refractivity contribution < 1.29 is 8.42 Å². The Balaban J connectivity index is 2.58. The van der Waals surface area contributed by atoms with Crippen molar-refractivity contribution in [2.24, 2.45) is 0 Å². The summed E-state index contributed by atoms with van der Waals surface area (Å²) in [6.45, 7) is 3.95. The third-order valence-electron chi connectivity index (χ3n) is 1.77. The van der Waals surface area contributed by atoms with Crippen LogP contribution in [0.1, 0.15) is 13.8 Å². The molecule has 0 saturated carbocycles. The van der Waals surface area contributed by atoms with Gasteiger partial charge in [0.25, 0.3) is 0 Å². The predicted octanol–water partition coefficient (Wildman–Crippen LogP) is 0.979. The minimum absolute atomic E-state index is 0.391. The Morgan fingerprint density at radius 3 is 2.35 bits per heavy atom. The molecule has 2 N–H and O–H groups in total. The number of hydrogen-bond acceptors (Lipinski definition) is 5. The molecule has 0 atom stereocenters. The molecule has 0 radical (unpaired) electrons. The van der Waals surface area contributed by atoms with E-state index in [2.05, 4.69) is 35.9 Å². The molecule has 0 bridgehead atoms. The number of hydrogen-bond donors (Lipinski definition) is 2. The van der Waals surface area contributed by atoms with Gasteiger partial charge in [0.05, 0.1) is 10.7 Å². The first-order valence-electron chi connectivity index (χ1n) is 4.88. The number of sulfonamides is 1. The van der Waals surface area contributed by atoms with Gasteiger partial charge in [-0.1, -0.05) is 0 Å². The van der Waals surface area contributed by atoms with Crippen molar-refractivity contribution in [3.8, 4) is 0 Å². The highest BCUT2D eigenvalue weighted by Gasteiger charge is 2.21. The Labute approximate surface area is 109 Å². The Bertz CT molecular complexity index is 472. The maximum atomic E-state index is 11.1. The van der Waals surface area contributed by atoms with Crippen molar-refractivity contribution in [2.45, 2.75) is 19.4 Å². The summed E-state index contributed by atoms with van der Waals surface area (Å²) in [5, 5.41) is 2.96. The van der Waals surface area contributed by atoms with E-state index >= 15 is 0 Å². The molecule has 1 aromatic rings. The number of nitrogens with one attached hydrogen (secondary N) is 2. The summed E-state index contributed by atoms with van der Waals surface area (Å²) in [5.74, 6) is 0.455. The number of anilines is 1. The van der Waals surface area contributed by atoms with Crippen LogP contribution < -0.4 is 10.0 Å². The van der Waals surface area contributed by atoms with Crippen LogP contribution in [0.4, 0.5) is 5.95 Å². The molecule has 0 saturated heterocycles. The van der Waals surface area contributed by atoms with E-state index in [1.165, 1.54) is 0 Å². The SMILES string of the molecule is CC(C)(CNc1ncc(Br)cn1)NS(C)(=O)=O. The Morgan fingerprint density at radius 2 is 1.88 bits per heavy atom. The first-order chi connectivity index (χ1) is 7.68. The molecule has 0 aromatic carbocycles. The molecule has 17 heavy (non-hydrogen) atoms. The summed E-state index contributed by atoms with van der Waals surface area (Å²) in [7, 11) is -3.23. The van der Waals surface area contributed by atoms with Crippen LogP contribution in [0.5, 0.6) is 0 Å². The highest BCUT2D eigenvalue weighted by Crippen LogP contribution is 2.09. The zero-order valence-corrected chi connectivity index (χ0v) is 12.3. The molecule has 0 aliphatic carbocycles. The highest BCUT2D eigenvalue weighted by atomic mass is 79.9. The van der Waals surface area contributed by atoms with Gasteiger partial charge in [0.15, 0.2) is 0 Å². The van der Waals surface area contributed by atoms with E-state index in [1.54, 1.807) is 26.2 Å². The molecule has 0 fully saturated rings. The second kappa shape index (κ2) is 5.28. The molecule has 0 unspecified atom stereocenters. The number of aromatic nitrogens is 2. The third kappa shape index (κ3) is 5.94. The average molecular weight is 323 g/mol. The van der Waals surface area contributed by atoms with Gasteiger partial charge in [0.2, 0.25) is 16.0 Å². The highest BCUT2D eigenvalue weighted by molar-refractivity contribution is 9.10. The van der Waals surface area contributed by atoms with E-state index in [9.17, 15) is 8.42 Å². The summed E-state index contributed by atoms with van der Waals surface area (Å²) in [6, 6.07) is 0. The molecule has 6 nitrogen and oxygen atoms in total. The first-order valence-corrected chi connectivity index (χ1v) is 7.57. The summed E-state index contributed by atoms with van der Waals surface area (Å²) >= 11 is 3.23. The van der Waals surface area contributed by atoms with Crippen molar-refractivity contribution in [2.75, 3.05) is 18.1 Å². The standard InChI is InChI=1S/C9H15BrN4O2S/c1-9(2,14-17(3,15)16)6-13-8-11-4-7(10)5-12-8/h4-5,14H,6H2,1-3H3,(H,11,12,13). The van der Waals surface area contributed by atoms with Gasteiger partial charge in [-0.15, -0.1) is 0 Å². The number of rotatable bonds is 5. The van der Waals surface area contributed by atoms with Gasteiger partial charge >= 0.3 is 0 Å². The summed E-state index contributed by atoms with van der Waals surface area (Å²) in [6.07, 6.45) is 4.36. The first kappa shape index (κ1) is 14.3. The molecule has 0 amide bonds. The van der Waals surface area contributed by atoms with Gasteiger partial charge in [-0.05, 0) is 29.8 Å². The molecule has 1 heterocycles. The molecule has 1 rings (SSSR count). The van der Waals surface area contributed by atoms with Crippen molar-refractivity contribution in [1.82, 2.24) is 14.7 Å². The molecular weight excluding hydrogens is 308 g/mol. The molecule has 96 valence electrons. The normalized spacial score (nSPS) is 12.5. The predicted molar refractivity (Wildman–Crippen MR) is 70.3 cm³/mol. The maximum absolute atomic E-state index is 11.1. The lowest BCUT2D eigenvalue weighted by atomic mass is 10.1. The van der Waals surface area contributed by atoms with Crippen LogP contribution >= 0.6 is 15.9 Å². The fraction of sp³-hybridized carbons (Fsp3) is 0.556. The van der Waals surface area contributed by atoms with Crippen LogP contribution in [0.15, 0.2) is 16.9 Å². The van der Waals surface area contributed by atoms with Crippen LogP contribution in [0.2, 0.25) is 0 Å². The third-order valence-corrected chi connectivity index (χ3v) is 3.10. The second-order valence-corrected chi connectivity index (χ2v) is 7.00. The lowest BCUT2D eigenvalue weighted by Gasteiger charge is -2.25. The van der Waals surface area contributed by atoms with Gasteiger partial charge in [0, 0.05) is 24.5 Å². The van der Waals surface area contributed by atoms with Gasteiger partial charge in [-0.3, -0.25) is 0 Å². The quantitative estimate of drug-likeness (QED) is 0.844. The van der Waals surface area contributed by atoms with Gasteiger partial charge in [-0.25, -0.2) is 23.1 Å². The minimum Gasteiger partial charge on any atom is -0.352 e. The molecule has 0 aliphatic heterocycles. The van der Waals surface area contributed by atoms with E-state index in [4.69, 9.17) is 0 Å². The Morgan fingerprint density at radius 1 is 1.35 bits per heavy atom. The van der Waals surface area contributed by atoms with Gasteiger partial charge in [0.1, 0.15) is 0 Å². The Hall–Kier alpha value is -0.730. The van der Waals surface area contributed by atoms with E-state index in [0.29, 0.717) is 12.5 Å². The second-order valence-electron chi connectivity index (χ2n) is 4.34. The van der Waals surface area contributed by atoms with Crippen LogP contribution in [0.25, 0.3) is 0 Å². The van der Waals surface area contributed by atoms with Crippen LogP contribution in [-0.4, -0.2) is 36.7 Å². The van der Waals surface area contributed by atoms with E-state index in [1.807, 2.05) is 0 Å². The molecule has 1 aromatic heterocycles. The lowest BCUT2D eigenvalue weighted by molar-refractivity contribution is 0.475. The smallest absolute Gasteiger partial charge is 0.222 e. The van der Waals surface area contributed by atoms with Crippen LogP contribution in [0.3, 0.4) is 0 Å². The molecule has 0 aliphatic rings. The van der Waals surface area contributed by atoms with Crippen LogP contribution in [-0.2, 0) is 10.0 Å². The number of nitrogens with zero attached hydrogens (tertiary/aromatic N) is 2. The number of halogens is 1. The van der Waals surface area contributed by atoms with Crippen molar-refractivity contribution in [1.29, 1.82) is 0 Å². The molecule has 0 spiro atoms. The largest absolute Gasteiger partial charge is 0.352 e. The van der Waals surface area contributed by atoms with Crippen LogP contribution in [0, 0.1) is 0 Å².